The molecule has 0 spiro atoms. The van der Waals surface area contributed by atoms with E-state index in [2.05, 4.69) is 0 Å². The van der Waals surface area contributed by atoms with E-state index in [4.69, 9.17) is 15.6 Å². The van der Waals surface area contributed by atoms with Gasteiger partial charge in [-0.2, -0.15) is 0 Å². The quantitative estimate of drug-likeness (QED) is 0.611. The first-order chi connectivity index (χ1) is 7.58. The summed E-state index contributed by atoms with van der Waals surface area (Å²) >= 11 is 0. The highest BCUT2D eigenvalue weighted by molar-refractivity contribution is 5.76. The van der Waals surface area contributed by atoms with Crippen molar-refractivity contribution < 1.29 is 19.4 Å². The van der Waals surface area contributed by atoms with Crippen LogP contribution in [0.15, 0.2) is 0 Å². The Morgan fingerprint density at radius 3 is 2.75 bits per heavy atom. The molecule has 0 aliphatic carbocycles. The van der Waals surface area contributed by atoms with Gasteiger partial charge in [0.2, 0.25) is 5.91 Å². The lowest BCUT2D eigenvalue weighted by Crippen LogP contribution is -2.39. The molecule has 16 heavy (non-hydrogen) atoms. The van der Waals surface area contributed by atoms with E-state index in [0.717, 1.165) is 19.4 Å². The molecular formula is C10H18N2O4. The van der Waals surface area contributed by atoms with Crippen molar-refractivity contribution in [3.63, 3.8) is 0 Å². The molecule has 0 bridgehead atoms. The number of nitrogens with two attached hydrogens (primary N) is 1. The van der Waals surface area contributed by atoms with E-state index in [-0.39, 0.29) is 19.1 Å². The Labute approximate surface area is 94.3 Å². The molecule has 1 heterocycles. The molecule has 0 aromatic carbocycles. The van der Waals surface area contributed by atoms with Crippen LogP contribution < -0.4 is 5.73 Å². The van der Waals surface area contributed by atoms with Crippen molar-refractivity contribution in [2.45, 2.75) is 25.4 Å². The van der Waals surface area contributed by atoms with Gasteiger partial charge >= 0.3 is 5.97 Å². The fourth-order valence-electron chi connectivity index (χ4n) is 1.79. The molecule has 1 atom stereocenters. The number of ether oxygens (including phenoxy) is 1. The first-order valence-electron chi connectivity index (χ1n) is 5.42. The van der Waals surface area contributed by atoms with Crippen molar-refractivity contribution >= 4 is 11.9 Å². The Balaban J connectivity index is 2.35. The van der Waals surface area contributed by atoms with E-state index in [1.54, 1.807) is 4.90 Å². The first kappa shape index (κ1) is 12.9. The summed E-state index contributed by atoms with van der Waals surface area (Å²) in [7, 11) is 0. The van der Waals surface area contributed by atoms with E-state index in [1.807, 2.05) is 0 Å². The van der Waals surface area contributed by atoms with Gasteiger partial charge in [-0.05, 0) is 12.8 Å². The molecule has 0 aromatic rings. The SMILES string of the molecule is NC(=O)CN(CCC(=O)O)CC1CCCO1. The summed E-state index contributed by atoms with van der Waals surface area (Å²) in [6.45, 7) is 1.75. The molecule has 1 saturated heterocycles. The monoisotopic (exact) mass is 230 g/mol. The minimum atomic E-state index is -0.873. The van der Waals surface area contributed by atoms with Crippen LogP contribution in [0.2, 0.25) is 0 Å². The van der Waals surface area contributed by atoms with Crippen LogP contribution >= 0.6 is 0 Å². The van der Waals surface area contributed by atoms with Gasteiger partial charge in [0.25, 0.3) is 0 Å². The second kappa shape index (κ2) is 6.44. The van der Waals surface area contributed by atoms with Gasteiger partial charge in [0, 0.05) is 19.7 Å². The molecular weight excluding hydrogens is 212 g/mol. The zero-order valence-electron chi connectivity index (χ0n) is 9.22. The topological polar surface area (TPSA) is 92.9 Å². The lowest BCUT2D eigenvalue weighted by molar-refractivity contribution is -0.137. The maximum Gasteiger partial charge on any atom is 0.304 e. The molecule has 1 fully saturated rings. The summed E-state index contributed by atoms with van der Waals surface area (Å²) in [5.74, 6) is -1.31. The van der Waals surface area contributed by atoms with Gasteiger partial charge in [-0.1, -0.05) is 0 Å². The predicted molar refractivity (Wildman–Crippen MR) is 56.9 cm³/mol. The normalized spacial score (nSPS) is 20.2. The lowest BCUT2D eigenvalue weighted by Gasteiger charge is -2.22. The van der Waals surface area contributed by atoms with Gasteiger partial charge in [-0.15, -0.1) is 0 Å². The number of carboxylic acids is 1. The van der Waals surface area contributed by atoms with Gasteiger partial charge in [0.05, 0.1) is 19.1 Å². The molecule has 0 saturated carbocycles. The van der Waals surface area contributed by atoms with Crippen molar-refractivity contribution in [3.05, 3.63) is 0 Å². The first-order valence-corrected chi connectivity index (χ1v) is 5.42. The molecule has 1 aliphatic heterocycles. The summed E-state index contributed by atoms with van der Waals surface area (Å²) in [4.78, 5) is 23.0. The average Bonchev–Trinajstić information content (AvgIpc) is 2.66. The summed E-state index contributed by atoms with van der Waals surface area (Å²) in [5.41, 5.74) is 5.11. The molecule has 1 rings (SSSR count). The molecule has 3 N–H and O–H groups in total. The molecule has 0 aromatic heterocycles. The van der Waals surface area contributed by atoms with Crippen molar-refractivity contribution in [2.24, 2.45) is 5.73 Å². The van der Waals surface area contributed by atoms with Crippen molar-refractivity contribution in [1.82, 2.24) is 4.90 Å². The molecule has 1 amide bonds. The average molecular weight is 230 g/mol. The van der Waals surface area contributed by atoms with Crippen LogP contribution in [0.1, 0.15) is 19.3 Å². The number of primary amides is 1. The van der Waals surface area contributed by atoms with E-state index < -0.39 is 11.9 Å². The predicted octanol–water partition coefficient (Wildman–Crippen LogP) is -0.573. The Kier molecular flexibility index (Phi) is 5.21. The van der Waals surface area contributed by atoms with Crippen molar-refractivity contribution in [1.29, 1.82) is 0 Å². The number of hydrogen-bond donors (Lipinski definition) is 2. The second-order valence-corrected chi connectivity index (χ2v) is 3.98. The Hall–Kier alpha value is -1.14. The standard InChI is InChI=1S/C10H18N2O4/c11-9(13)7-12(4-3-10(14)15)6-8-2-1-5-16-8/h8H,1-7H2,(H2,11,13)(H,14,15). The van der Waals surface area contributed by atoms with E-state index in [1.165, 1.54) is 0 Å². The third-order valence-corrected chi connectivity index (χ3v) is 2.51. The van der Waals surface area contributed by atoms with E-state index in [0.29, 0.717) is 13.1 Å². The summed E-state index contributed by atoms with van der Waals surface area (Å²) in [5, 5.41) is 8.58. The number of hydrogen-bond acceptors (Lipinski definition) is 4. The fraction of sp³-hybridized carbons (Fsp3) is 0.800. The number of rotatable bonds is 7. The molecule has 6 nitrogen and oxygen atoms in total. The maximum absolute atomic E-state index is 10.8. The lowest BCUT2D eigenvalue weighted by atomic mass is 10.2. The van der Waals surface area contributed by atoms with Gasteiger partial charge in [0.1, 0.15) is 0 Å². The van der Waals surface area contributed by atoms with Gasteiger partial charge < -0.3 is 15.6 Å². The minimum Gasteiger partial charge on any atom is -0.481 e. The number of carboxylic acid groups (broad SMARTS) is 1. The second-order valence-electron chi connectivity index (χ2n) is 3.98. The summed E-state index contributed by atoms with van der Waals surface area (Å²) in [6, 6.07) is 0. The summed E-state index contributed by atoms with van der Waals surface area (Å²) in [6.07, 6.45) is 2.10. The Bertz CT molecular complexity index is 251. The van der Waals surface area contributed by atoms with Crippen molar-refractivity contribution in [3.8, 4) is 0 Å². The van der Waals surface area contributed by atoms with Crippen LogP contribution in [0.4, 0.5) is 0 Å². The van der Waals surface area contributed by atoms with Gasteiger partial charge in [0.15, 0.2) is 0 Å². The third kappa shape index (κ3) is 5.09. The molecule has 92 valence electrons. The largest absolute Gasteiger partial charge is 0.481 e. The fourth-order valence-corrected chi connectivity index (χ4v) is 1.79. The number of amides is 1. The highest BCUT2D eigenvalue weighted by atomic mass is 16.5. The summed E-state index contributed by atoms with van der Waals surface area (Å²) < 4.78 is 5.43. The number of nitrogens with zero attached hydrogens (tertiary/aromatic N) is 1. The van der Waals surface area contributed by atoms with Crippen LogP contribution in [0.3, 0.4) is 0 Å². The Morgan fingerprint density at radius 1 is 1.50 bits per heavy atom. The highest BCUT2D eigenvalue weighted by Crippen LogP contribution is 2.13. The van der Waals surface area contributed by atoms with E-state index >= 15 is 0 Å². The van der Waals surface area contributed by atoms with Crippen LogP contribution in [0, 0.1) is 0 Å². The van der Waals surface area contributed by atoms with Gasteiger partial charge in [-0.25, -0.2) is 0 Å². The van der Waals surface area contributed by atoms with E-state index in [9.17, 15) is 9.59 Å². The van der Waals surface area contributed by atoms with Crippen LogP contribution in [0.25, 0.3) is 0 Å². The maximum atomic E-state index is 10.8. The molecule has 6 heteroatoms. The Morgan fingerprint density at radius 2 is 2.25 bits per heavy atom. The van der Waals surface area contributed by atoms with Crippen molar-refractivity contribution in [2.75, 3.05) is 26.2 Å². The number of carbonyl (C=O) groups is 2. The smallest absolute Gasteiger partial charge is 0.304 e. The zero-order chi connectivity index (χ0) is 12.0. The van der Waals surface area contributed by atoms with Crippen LogP contribution in [-0.4, -0.2) is 54.2 Å². The molecule has 1 aliphatic rings. The molecule has 0 radical (unpaired) electrons. The zero-order valence-corrected chi connectivity index (χ0v) is 9.22. The van der Waals surface area contributed by atoms with Crippen LogP contribution in [-0.2, 0) is 14.3 Å². The highest BCUT2D eigenvalue weighted by Gasteiger charge is 2.20. The van der Waals surface area contributed by atoms with Gasteiger partial charge in [-0.3, -0.25) is 14.5 Å². The minimum absolute atomic E-state index is 0.0139. The van der Waals surface area contributed by atoms with Crippen LogP contribution in [0.5, 0.6) is 0 Å². The number of carbonyl (C=O) groups excluding carboxylic acids is 1. The third-order valence-electron chi connectivity index (χ3n) is 2.51. The number of aliphatic carboxylic acids is 1. The molecule has 1 unspecified atom stereocenters.